The Hall–Kier alpha value is -1.22. The lowest BCUT2D eigenvalue weighted by molar-refractivity contribution is -0.128. The molecular formula is C12H17ClN2O. The minimum Gasteiger partial charge on any atom is -0.384 e. The molecule has 1 amide bonds. The molecule has 0 atom stereocenters. The number of carbonyl (C=O) groups excluding carboxylic acids is 1. The Morgan fingerprint density at radius 1 is 1.44 bits per heavy atom. The van der Waals surface area contributed by atoms with Gasteiger partial charge in [0.2, 0.25) is 5.91 Å². The predicted octanol–water partition coefficient (Wildman–Crippen LogP) is 2.54. The Morgan fingerprint density at radius 3 is 2.75 bits per heavy atom. The van der Waals surface area contributed by atoms with E-state index in [0.717, 1.165) is 16.3 Å². The topological polar surface area (TPSA) is 32.3 Å². The second kappa shape index (κ2) is 5.75. The number of hydrogen-bond donors (Lipinski definition) is 1. The summed E-state index contributed by atoms with van der Waals surface area (Å²) in [7, 11) is 3.51. The third-order valence-electron chi connectivity index (χ3n) is 2.42. The quantitative estimate of drug-likeness (QED) is 0.877. The van der Waals surface area contributed by atoms with Gasteiger partial charge in [-0.15, -0.1) is 0 Å². The maximum Gasteiger partial charge on any atom is 0.223 e. The minimum absolute atomic E-state index is 0.118. The molecule has 3 nitrogen and oxygen atoms in total. The molecule has 0 bridgehead atoms. The SMILES string of the molecule is Cc1c(Cl)cccc1NCCC(=O)N(C)C. The number of rotatable bonds is 4. The molecule has 0 spiro atoms. The molecule has 0 radical (unpaired) electrons. The van der Waals surface area contributed by atoms with Crippen LogP contribution in [0.1, 0.15) is 12.0 Å². The highest BCUT2D eigenvalue weighted by Crippen LogP contribution is 2.22. The van der Waals surface area contributed by atoms with Crippen molar-refractivity contribution in [1.82, 2.24) is 4.90 Å². The summed E-state index contributed by atoms with van der Waals surface area (Å²) < 4.78 is 0. The Morgan fingerprint density at radius 2 is 2.12 bits per heavy atom. The van der Waals surface area contributed by atoms with Gasteiger partial charge < -0.3 is 10.2 Å². The van der Waals surface area contributed by atoms with E-state index in [-0.39, 0.29) is 5.91 Å². The number of benzene rings is 1. The average molecular weight is 241 g/mol. The summed E-state index contributed by atoms with van der Waals surface area (Å²) in [6.07, 6.45) is 0.485. The fourth-order valence-corrected chi connectivity index (χ4v) is 1.50. The highest BCUT2D eigenvalue weighted by atomic mass is 35.5. The lowest BCUT2D eigenvalue weighted by Gasteiger charge is -2.12. The molecular weight excluding hydrogens is 224 g/mol. The number of nitrogens with zero attached hydrogens (tertiary/aromatic N) is 1. The van der Waals surface area contributed by atoms with Crippen molar-refractivity contribution in [3.8, 4) is 0 Å². The van der Waals surface area contributed by atoms with Gasteiger partial charge in [-0.2, -0.15) is 0 Å². The zero-order chi connectivity index (χ0) is 12.1. The molecule has 0 unspecified atom stereocenters. The standard InChI is InChI=1S/C12H17ClN2O/c1-9-10(13)5-4-6-11(9)14-8-7-12(16)15(2)3/h4-6,14H,7-8H2,1-3H3. The molecule has 0 fully saturated rings. The molecule has 0 saturated heterocycles. The molecule has 0 aromatic heterocycles. The fourth-order valence-electron chi connectivity index (χ4n) is 1.33. The highest BCUT2D eigenvalue weighted by Gasteiger charge is 2.04. The number of anilines is 1. The second-order valence-corrected chi connectivity index (χ2v) is 4.28. The average Bonchev–Trinajstić information content (AvgIpc) is 2.24. The van der Waals surface area contributed by atoms with Gasteiger partial charge in [-0.05, 0) is 24.6 Å². The van der Waals surface area contributed by atoms with E-state index in [1.165, 1.54) is 0 Å². The van der Waals surface area contributed by atoms with Crippen LogP contribution in [-0.2, 0) is 4.79 Å². The van der Waals surface area contributed by atoms with Crippen LogP contribution in [0.15, 0.2) is 18.2 Å². The van der Waals surface area contributed by atoms with Crippen molar-refractivity contribution in [2.24, 2.45) is 0 Å². The Balaban J connectivity index is 2.49. The van der Waals surface area contributed by atoms with Gasteiger partial charge in [0.25, 0.3) is 0 Å². The van der Waals surface area contributed by atoms with Crippen LogP contribution in [0, 0.1) is 6.92 Å². The molecule has 0 heterocycles. The number of nitrogens with one attached hydrogen (secondary N) is 1. The van der Waals surface area contributed by atoms with Crippen molar-refractivity contribution in [1.29, 1.82) is 0 Å². The summed E-state index contributed by atoms with van der Waals surface area (Å²) in [4.78, 5) is 12.9. The van der Waals surface area contributed by atoms with E-state index in [0.29, 0.717) is 13.0 Å². The Kier molecular flexibility index (Phi) is 4.62. The normalized spacial score (nSPS) is 10.0. The number of halogens is 1. The summed E-state index contributed by atoms with van der Waals surface area (Å²) >= 11 is 5.99. The van der Waals surface area contributed by atoms with Crippen LogP contribution in [0.25, 0.3) is 0 Å². The second-order valence-electron chi connectivity index (χ2n) is 3.88. The zero-order valence-corrected chi connectivity index (χ0v) is 10.6. The lowest BCUT2D eigenvalue weighted by Crippen LogP contribution is -2.24. The summed E-state index contributed by atoms with van der Waals surface area (Å²) in [6.45, 7) is 2.58. The van der Waals surface area contributed by atoms with Gasteiger partial charge in [-0.1, -0.05) is 17.7 Å². The number of carbonyl (C=O) groups is 1. The summed E-state index contributed by atoms with van der Waals surface area (Å²) in [5.74, 6) is 0.118. The largest absolute Gasteiger partial charge is 0.384 e. The van der Waals surface area contributed by atoms with Gasteiger partial charge in [-0.25, -0.2) is 0 Å². The Labute approximate surface area is 101 Å². The van der Waals surface area contributed by atoms with Gasteiger partial charge in [0.1, 0.15) is 0 Å². The predicted molar refractivity (Wildman–Crippen MR) is 68.0 cm³/mol. The lowest BCUT2D eigenvalue weighted by atomic mass is 10.2. The molecule has 0 aliphatic heterocycles. The third-order valence-corrected chi connectivity index (χ3v) is 2.83. The van der Waals surface area contributed by atoms with Crippen molar-refractivity contribution in [3.05, 3.63) is 28.8 Å². The summed E-state index contributed by atoms with van der Waals surface area (Å²) in [5, 5.41) is 3.95. The Bertz CT molecular complexity index is 377. The molecule has 1 N–H and O–H groups in total. The molecule has 16 heavy (non-hydrogen) atoms. The maximum atomic E-state index is 11.3. The van der Waals surface area contributed by atoms with Gasteiger partial charge in [0, 0.05) is 37.8 Å². The van der Waals surface area contributed by atoms with Crippen molar-refractivity contribution in [3.63, 3.8) is 0 Å². The van der Waals surface area contributed by atoms with Crippen LogP contribution in [0.3, 0.4) is 0 Å². The van der Waals surface area contributed by atoms with Crippen molar-refractivity contribution in [2.75, 3.05) is 26.0 Å². The zero-order valence-electron chi connectivity index (χ0n) is 9.88. The first kappa shape index (κ1) is 12.8. The molecule has 1 rings (SSSR count). The van der Waals surface area contributed by atoms with Gasteiger partial charge in [-0.3, -0.25) is 4.79 Å². The fraction of sp³-hybridized carbons (Fsp3) is 0.417. The molecule has 1 aromatic rings. The molecule has 4 heteroatoms. The van der Waals surface area contributed by atoms with Crippen molar-refractivity contribution >= 4 is 23.2 Å². The molecule has 0 saturated carbocycles. The summed E-state index contributed by atoms with van der Waals surface area (Å²) in [6, 6.07) is 5.71. The van der Waals surface area contributed by atoms with Gasteiger partial charge >= 0.3 is 0 Å². The third kappa shape index (κ3) is 3.42. The van der Waals surface area contributed by atoms with Crippen LogP contribution in [-0.4, -0.2) is 31.4 Å². The molecule has 1 aromatic carbocycles. The molecule has 0 aliphatic rings. The highest BCUT2D eigenvalue weighted by molar-refractivity contribution is 6.31. The van der Waals surface area contributed by atoms with Gasteiger partial charge in [0.15, 0.2) is 0 Å². The van der Waals surface area contributed by atoms with Crippen LogP contribution >= 0.6 is 11.6 Å². The maximum absolute atomic E-state index is 11.3. The smallest absolute Gasteiger partial charge is 0.223 e. The molecule has 88 valence electrons. The van der Waals surface area contributed by atoms with E-state index in [4.69, 9.17) is 11.6 Å². The van der Waals surface area contributed by atoms with Gasteiger partial charge in [0.05, 0.1) is 0 Å². The van der Waals surface area contributed by atoms with E-state index in [2.05, 4.69) is 5.32 Å². The number of hydrogen-bond acceptors (Lipinski definition) is 2. The first-order valence-electron chi connectivity index (χ1n) is 5.21. The first-order valence-corrected chi connectivity index (χ1v) is 5.59. The van der Waals surface area contributed by atoms with E-state index in [1.54, 1.807) is 19.0 Å². The molecule has 0 aliphatic carbocycles. The van der Waals surface area contributed by atoms with Crippen LogP contribution in [0.4, 0.5) is 5.69 Å². The van der Waals surface area contributed by atoms with Crippen LogP contribution in [0.5, 0.6) is 0 Å². The first-order chi connectivity index (χ1) is 7.52. The van der Waals surface area contributed by atoms with E-state index in [1.807, 2.05) is 25.1 Å². The number of amides is 1. The van der Waals surface area contributed by atoms with E-state index in [9.17, 15) is 4.79 Å². The monoisotopic (exact) mass is 240 g/mol. The van der Waals surface area contributed by atoms with Crippen molar-refractivity contribution in [2.45, 2.75) is 13.3 Å². The van der Waals surface area contributed by atoms with Crippen LogP contribution in [0.2, 0.25) is 5.02 Å². The van der Waals surface area contributed by atoms with Crippen LogP contribution < -0.4 is 5.32 Å². The van der Waals surface area contributed by atoms with E-state index < -0.39 is 0 Å². The minimum atomic E-state index is 0.118. The van der Waals surface area contributed by atoms with Crippen molar-refractivity contribution < 1.29 is 4.79 Å². The van der Waals surface area contributed by atoms with E-state index >= 15 is 0 Å². The summed E-state index contributed by atoms with van der Waals surface area (Å²) in [5.41, 5.74) is 2.00.